The first-order chi connectivity index (χ1) is 15.2. The smallest absolute Gasteiger partial charge is 0.305 e. The lowest BCUT2D eigenvalue weighted by Gasteiger charge is -2.07. The maximum atomic E-state index is 11.7. The molecule has 0 aliphatic heterocycles. The highest BCUT2D eigenvalue weighted by Gasteiger charge is 2.04. The molecule has 0 atom stereocenters. The molecule has 0 aromatic heterocycles. The molecule has 0 saturated heterocycles. The zero-order chi connectivity index (χ0) is 22.8. The third kappa shape index (κ3) is 25.0. The first kappa shape index (κ1) is 29.9. The van der Waals surface area contributed by atoms with Gasteiger partial charge in [0.25, 0.3) is 0 Å². The second kappa shape index (κ2) is 25.2. The summed E-state index contributed by atoms with van der Waals surface area (Å²) < 4.78 is 15.7. The Hall–Kier alpha value is -1.10. The van der Waals surface area contributed by atoms with E-state index in [1.807, 2.05) is 0 Å². The third-order valence-corrected chi connectivity index (χ3v) is 5.45. The lowest BCUT2D eigenvalue weighted by Crippen LogP contribution is -2.14. The summed E-state index contributed by atoms with van der Waals surface area (Å²) >= 11 is 0. The van der Waals surface area contributed by atoms with Gasteiger partial charge in [-0.2, -0.15) is 0 Å². The summed E-state index contributed by atoms with van der Waals surface area (Å²) in [5, 5.41) is 0. The molecule has 0 N–H and O–H groups in total. The monoisotopic (exact) mass is 442 g/mol. The van der Waals surface area contributed by atoms with Crippen molar-refractivity contribution in [3.63, 3.8) is 0 Å². The fourth-order valence-corrected chi connectivity index (χ4v) is 3.48. The topological polar surface area (TPSA) is 61.8 Å². The van der Waals surface area contributed by atoms with Gasteiger partial charge in [0.15, 0.2) is 0 Å². The molecule has 5 nitrogen and oxygen atoms in total. The fraction of sp³-hybridized carbons (Fsp3) is 0.923. The molecule has 0 aromatic carbocycles. The van der Waals surface area contributed by atoms with Crippen molar-refractivity contribution in [2.24, 2.45) is 0 Å². The molecule has 31 heavy (non-hydrogen) atoms. The largest absolute Gasteiger partial charge is 0.463 e. The molecule has 5 heteroatoms. The van der Waals surface area contributed by atoms with E-state index in [0.717, 1.165) is 25.7 Å². The first-order valence-corrected chi connectivity index (χ1v) is 13.1. The van der Waals surface area contributed by atoms with Crippen LogP contribution in [-0.2, 0) is 23.8 Å². The summed E-state index contributed by atoms with van der Waals surface area (Å²) in [6, 6.07) is 0. The van der Waals surface area contributed by atoms with Crippen molar-refractivity contribution in [3.05, 3.63) is 0 Å². The molecule has 0 heterocycles. The molecular formula is C26H50O5. The van der Waals surface area contributed by atoms with E-state index in [9.17, 15) is 9.59 Å². The van der Waals surface area contributed by atoms with E-state index >= 15 is 0 Å². The van der Waals surface area contributed by atoms with Gasteiger partial charge in [-0.05, 0) is 12.8 Å². The van der Waals surface area contributed by atoms with E-state index < -0.39 is 0 Å². The summed E-state index contributed by atoms with van der Waals surface area (Å²) in [7, 11) is 0. The Balaban J connectivity index is 3.26. The summed E-state index contributed by atoms with van der Waals surface area (Å²) in [4.78, 5) is 23.3. The van der Waals surface area contributed by atoms with Gasteiger partial charge in [-0.1, -0.05) is 104 Å². The van der Waals surface area contributed by atoms with Gasteiger partial charge in [-0.15, -0.1) is 0 Å². The van der Waals surface area contributed by atoms with Crippen LogP contribution < -0.4 is 0 Å². The number of rotatable bonds is 24. The van der Waals surface area contributed by atoms with Gasteiger partial charge >= 0.3 is 11.9 Å². The van der Waals surface area contributed by atoms with Crippen LogP contribution in [0.2, 0.25) is 0 Å². The normalized spacial score (nSPS) is 10.9. The van der Waals surface area contributed by atoms with Gasteiger partial charge in [0, 0.05) is 12.8 Å². The van der Waals surface area contributed by atoms with E-state index in [0.29, 0.717) is 26.1 Å². The molecule has 0 bridgehead atoms. The van der Waals surface area contributed by atoms with E-state index in [1.165, 1.54) is 77.0 Å². The number of esters is 2. The van der Waals surface area contributed by atoms with Crippen LogP contribution in [0.5, 0.6) is 0 Å². The van der Waals surface area contributed by atoms with Crippen molar-refractivity contribution >= 4 is 11.9 Å². The lowest BCUT2D eigenvalue weighted by atomic mass is 10.1. The fourth-order valence-electron chi connectivity index (χ4n) is 3.48. The summed E-state index contributed by atoms with van der Waals surface area (Å²) in [5.41, 5.74) is 0. The maximum absolute atomic E-state index is 11.7. The molecule has 0 aliphatic rings. The molecule has 0 radical (unpaired) electrons. The number of hydrogen-bond acceptors (Lipinski definition) is 5. The Morgan fingerprint density at radius 2 is 0.774 bits per heavy atom. The zero-order valence-electron chi connectivity index (χ0n) is 20.6. The van der Waals surface area contributed by atoms with Gasteiger partial charge in [-0.3, -0.25) is 9.59 Å². The van der Waals surface area contributed by atoms with Crippen LogP contribution in [0.15, 0.2) is 0 Å². The van der Waals surface area contributed by atoms with E-state index in [4.69, 9.17) is 14.2 Å². The molecule has 0 fully saturated rings. The van der Waals surface area contributed by atoms with Crippen LogP contribution in [0, 0.1) is 0 Å². The predicted octanol–water partition coefficient (Wildman–Crippen LogP) is 7.15. The summed E-state index contributed by atoms with van der Waals surface area (Å²) in [6.45, 7) is 5.67. The second-order valence-electron chi connectivity index (χ2n) is 8.50. The van der Waals surface area contributed by atoms with E-state index in [2.05, 4.69) is 13.8 Å². The Labute approximate surface area is 192 Å². The minimum absolute atomic E-state index is 0.146. The Bertz CT molecular complexity index is 397. The summed E-state index contributed by atoms with van der Waals surface area (Å²) in [5.74, 6) is -0.294. The molecule has 0 saturated carbocycles. The minimum atomic E-state index is -0.149. The van der Waals surface area contributed by atoms with Crippen LogP contribution in [-0.4, -0.2) is 38.4 Å². The van der Waals surface area contributed by atoms with Crippen LogP contribution in [0.25, 0.3) is 0 Å². The van der Waals surface area contributed by atoms with Crippen LogP contribution in [0.4, 0.5) is 0 Å². The average Bonchev–Trinajstić information content (AvgIpc) is 2.76. The molecule has 0 amide bonds. The SMILES string of the molecule is CCCCCCCCCCCC(=O)OCCOCCOC(=O)CCCCCCCCC. The maximum Gasteiger partial charge on any atom is 0.305 e. The van der Waals surface area contributed by atoms with Gasteiger partial charge in [0.05, 0.1) is 13.2 Å². The highest BCUT2D eigenvalue weighted by molar-refractivity contribution is 5.69. The predicted molar refractivity (Wildman–Crippen MR) is 127 cm³/mol. The number of carbonyl (C=O) groups excluding carboxylic acids is 2. The first-order valence-electron chi connectivity index (χ1n) is 13.1. The van der Waals surface area contributed by atoms with Crippen LogP contribution in [0.3, 0.4) is 0 Å². The van der Waals surface area contributed by atoms with Crippen molar-refractivity contribution in [1.82, 2.24) is 0 Å². The Kier molecular flexibility index (Phi) is 24.3. The number of unbranched alkanes of at least 4 members (excludes halogenated alkanes) is 14. The van der Waals surface area contributed by atoms with Gasteiger partial charge in [0.1, 0.15) is 13.2 Å². The molecule has 0 unspecified atom stereocenters. The minimum Gasteiger partial charge on any atom is -0.463 e. The average molecular weight is 443 g/mol. The van der Waals surface area contributed by atoms with E-state index in [1.54, 1.807) is 0 Å². The number of hydrogen-bond donors (Lipinski definition) is 0. The van der Waals surface area contributed by atoms with Crippen molar-refractivity contribution < 1.29 is 23.8 Å². The summed E-state index contributed by atoms with van der Waals surface area (Å²) in [6.07, 6.45) is 20.5. The van der Waals surface area contributed by atoms with Crippen molar-refractivity contribution in [2.75, 3.05) is 26.4 Å². The lowest BCUT2D eigenvalue weighted by molar-refractivity contribution is -0.146. The Morgan fingerprint density at radius 3 is 1.13 bits per heavy atom. The van der Waals surface area contributed by atoms with Crippen molar-refractivity contribution in [2.45, 2.75) is 129 Å². The quantitative estimate of drug-likeness (QED) is 0.117. The standard InChI is InChI=1S/C26H50O5/c1-3-5-7-9-11-12-14-16-18-20-26(28)31-24-22-29-21-23-30-25(27)19-17-15-13-10-8-6-4-2/h3-24H2,1-2H3. The zero-order valence-corrected chi connectivity index (χ0v) is 20.6. The molecule has 0 aliphatic carbocycles. The van der Waals surface area contributed by atoms with Crippen LogP contribution in [0.1, 0.15) is 129 Å². The molecule has 184 valence electrons. The van der Waals surface area contributed by atoms with Gasteiger partial charge in [0.2, 0.25) is 0 Å². The number of carbonyl (C=O) groups is 2. The Morgan fingerprint density at radius 1 is 0.452 bits per heavy atom. The molecule has 0 rings (SSSR count). The van der Waals surface area contributed by atoms with Crippen molar-refractivity contribution in [3.8, 4) is 0 Å². The van der Waals surface area contributed by atoms with Crippen LogP contribution >= 0.6 is 0 Å². The van der Waals surface area contributed by atoms with Gasteiger partial charge < -0.3 is 14.2 Å². The highest BCUT2D eigenvalue weighted by Crippen LogP contribution is 2.11. The highest BCUT2D eigenvalue weighted by atomic mass is 16.6. The number of ether oxygens (including phenoxy) is 3. The molecular weight excluding hydrogens is 392 g/mol. The van der Waals surface area contributed by atoms with E-state index in [-0.39, 0.29) is 25.2 Å². The molecule has 0 aromatic rings. The third-order valence-electron chi connectivity index (χ3n) is 5.45. The van der Waals surface area contributed by atoms with Crippen molar-refractivity contribution in [1.29, 1.82) is 0 Å². The molecule has 0 spiro atoms. The van der Waals surface area contributed by atoms with Gasteiger partial charge in [-0.25, -0.2) is 0 Å². The second-order valence-corrected chi connectivity index (χ2v) is 8.50.